The highest BCUT2D eigenvalue weighted by Gasteiger charge is 2.31. The van der Waals surface area contributed by atoms with Crippen LogP contribution in [0.4, 0.5) is 0 Å². The number of carboxylic acid groups (broad SMARTS) is 1. The van der Waals surface area contributed by atoms with E-state index in [4.69, 9.17) is 0 Å². The number of amides is 1. The number of carboxylic acids is 1. The summed E-state index contributed by atoms with van der Waals surface area (Å²) >= 11 is 1.37. The summed E-state index contributed by atoms with van der Waals surface area (Å²) in [6, 6.07) is 24.5. The predicted octanol–water partition coefficient (Wildman–Crippen LogP) is 4.27. The first-order chi connectivity index (χ1) is 15.9. The summed E-state index contributed by atoms with van der Waals surface area (Å²) in [6.07, 6.45) is 0.0726. The first-order valence-electron chi connectivity index (χ1n) is 10.0. The summed E-state index contributed by atoms with van der Waals surface area (Å²) in [5.74, 6) is -1.91. The van der Waals surface area contributed by atoms with Gasteiger partial charge in [0.15, 0.2) is 0 Å². The summed E-state index contributed by atoms with van der Waals surface area (Å²) in [5.41, 5.74) is 1.50. The maximum atomic E-state index is 13.1. The van der Waals surface area contributed by atoms with Crippen molar-refractivity contribution in [3.63, 3.8) is 0 Å². The minimum atomic E-state index is -1.21. The van der Waals surface area contributed by atoms with Gasteiger partial charge in [0, 0.05) is 17.5 Å². The summed E-state index contributed by atoms with van der Waals surface area (Å²) in [7, 11) is 0. The molecule has 0 saturated carbocycles. The van der Waals surface area contributed by atoms with Gasteiger partial charge in [0.25, 0.3) is 0 Å². The molecule has 33 heavy (non-hydrogen) atoms. The topological polar surface area (TPSA) is 101 Å². The standard InChI is InChI=1S/C25H21NO5S2/c27-21(26-20(22(28)29)16-17-10-4-1-5-11-17)25(32-23(30)18-12-6-2-7-13-18)33-24(31)19-14-8-3-9-15-19/h1-15,20,25H,16H2,(H,26,27)(H,28,29)/t20-/m0/s1. The second kappa shape index (κ2) is 12.0. The van der Waals surface area contributed by atoms with Crippen molar-refractivity contribution in [3.8, 4) is 0 Å². The molecule has 0 unspecified atom stereocenters. The van der Waals surface area contributed by atoms with E-state index in [-0.39, 0.29) is 16.7 Å². The van der Waals surface area contributed by atoms with Crippen LogP contribution < -0.4 is 5.32 Å². The number of aliphatic carboxylic acids is 1. The monoisotopic (exact) mass is 479 g/mol. The number of hydrogen-bond acceptors (Lipinski definition) is 6. The molecule has 0 aliphatic heterocycles. The smallest absolute Gasteiger partial charge is 0.326 e. The third-order valence-corrected chi connectivity index (χ3v) is 6.89. The van der Waals surface area contributed by atoms with Crippen LogP contribution in [-0.4, -0.2) is 37.8 Å². The largest absolute Gasteiger partial charge is 0.480 e. The van der Waals surface area contributed by atoms with Gasteiger partial charge in [-0.3, -0.25) is 14.4 Å². The van der Waals surface area contributed by atoms with Crippen molar-refractivity contribution in [2.45, 2.75) is 17.0 Å². The van der Waals surface area contributed by atoms with Gasteiger partial charge in [-0.05, 0) is 5.56 Å². The minimum Gasteiger partial charge on any atom is -0.480 e. The van der Waals surface area contributed by atoms with Crippen LogP contribution in [0.5, 0.6) is 0 Å². The first kappa shape index (κ1) is 24.3. The van der Waals surface area contributed by atoms with Gasteiger partial charge in [0.05, 0.1) is 0 Å². The average molecular weight is 480 g/mol. The Balaban J connectivity index is 1.78. The van der Waals surface area contributed by atoms with Crippen LogP contribution in [0.1, 0.15) is 26.3 Å². The maximum absolute atomic E-state index is 13.1. The molecular weight excluding hydrogens is 458 g/mol. The van der Waals surface area contributed by atoms with E-state index in [1.165, 1.54) is 0 Å². The zero-order chi connectivity index (χ0) is 23.6. The molecule has 0 saturated heterocycles. The van der Waals surface area contributed by atoms with E-state index in [1.54, 1.807) is 84.9 Å². The fourth-order valence-electron chi connectivity index (χ4n) is 2.90. The van der Waals surface area contributed by atoms with Gasteiger partial charge in [-0.1, -0.05) is 115 Å². The molecule has 0 heterocycles. The number of rotatable bonds is 9. The Hall–Kier alpha value is -3.36. The quantitative estimate of drug-likeness (QED) is 0.442. The molecule has 168 valence electrons. The van der Waals surface area contributed by atoms with Crippen molar-refractivity contribution >= 4 is 45.6 Å². The van der Waals surface area contributed by atoms with Crippen LogP contribution in [0.25, 0.3) is 0 Å². The van der Waals surface area contributed by atoms with E-state index in [9.17, 15) is 24.3 Å². The summed E-state index contributed by atoms with van der Waals surface area (Å²) in [5, 5.41) is 11.3. The molecule has 0 aliphatic carbocycles. The minimum absolute atomic E-state index is 0.0726. The number of thioether (sulfide) groups is 2. The van der Waals surface area contributed by atoms with Gasteiger partial charge in [-0.15, -0.1) is 0 Å². The third-order valence-electron chi connectivity index (χ3n) is 4.56. The normalized spacial score (nSPS) is 11.5. The second-order valence-electron chi connectivity index (χ2n) is 6.96. The van der Waals surface area contributed by atoms with E-state index in [0.29, 0.717) is 34.7 Å². The molecule has 0 aliphatic rings. The third kappa shape index (κ3) is 7.34. The van der Waals surface area contributed by atoms with Crippen LogP contribution in [-0.2, 0) is 16.0 Å². The second-order valence-corrected chi connectivity index (χ2v) is 9.42. The van der Waals surface area contributed by atoms with Crippen molar-refractivity contribution in [1.82, 2.24) is 5.32 Å². The van der Waals surface area contributed by atoms with E-state index in [2.05, 4.69) is 5.32 Å². The van der Waals surface area contributed by atoms with Crippen LogP contribution in [0.3, 0.4) is 0 Å². The molecular formula is C25H21NO5S2. The van der Waals surface area contributed by atoms with Crippen molar-refractivity contribution in [3.05, 3.63) is 108 Å². The van der Waals surface area contributed by atoms with E-state index < -0.39 is 22.5 Å². The molecule has 8 heteroatoms. The molecule has 6 nitrogen and oxygen atoms in total. The molecule has 3 rings (SSSR count). The van der Waals surface area contributed by atoms with Gasteiger partial charge in [-0.2, -0.15) is 0 Å². The zero-order valence-corrected chi connectivity index (χ0v) is 19.1. The van der Waals surface area contributed by atoms with Crippen LogP contribution in [0, 0.1) is 0 Å². The van der Waals surface area contributed by atoms with Crippen LogP contribution in [0.2, 0.25) is 0 Å². The zero-order valence-electron chi connectivity index (χ0n) is 17.4. The van der Waals surface area contributed by atoms with Gasteiger partial charge < -0.3 is 10.4 Å². The molecule has 0 radical (unpaired) electrons. The molecule has 1 amide bonds. The Kier molecular flexibility index (Phi) is 8.86. The van der Waals surface area contributed by atoms with Gasteiger partial charge in [-0.25, -0.2) is 4.79 Å². The predicted molar refractivity (Wildman–Crippen MR) is 130 cm³/mol. The fraction of sp³-hybridized carbons (Fsp3) is 0.120. The van der Waals surface area contributed by atoms with Crippen molar-refractivity contribution in [2.24, 2.45) is 0 Å². The average Bonchev–Trinajstić information content (AvgIpc) is 2.84. The lowest BCUT2D eigenvalue weighted by Crippen LogP contribution is -2.45. The summed E-state index contributed by atoms with van der Waals surface area (Å²) in [4.78, 5) is 50.3. The van der Waals surface area contributed by atoms with Gasteiger partial charge >= 0.3 is 5.97 Å². The van der Waals surface area contributed by atoms with Gasteiger partial charge in [0.2, 0.25) is 16.1 Å². The molecule has 2 N–H and O–H groups in total. The number of hydrogen-bond donors (Lipinski definition) is 2. The highest BCUT2D eigenvalue weighted by atomic mass is 32.2. The Bertz CT molecular complexity index is 1050. The molecule has 3 aromatic rings. The van der Waals surface area contributed by atoms with E-state index in [0.717, 1.165) is 5.56 Å². The molecule has 0 fully saturated rings. The molecule has 0 spiro atoms. The van der Waals surface area contributed by atoms with Crippen molar-refractivity contribution in [2.75, 3.05) is 0 Å². The van der Waals surface area contributed by atoms with Crippen LogP contribution >= 0.6 is 23.5 Å². The lowest BCUT2D eigenvalue weighted by Gasteiger charge is -2.19. The van der Waals surface area contributed by atoms with E-state index >= 15 is 0 Å². The number of carbonyl (C=O) groups excluding carboxylic acids is 3. The van der Waals surface area contributed by atoms with Crippen molar-refractivity contribution in [1.29, 1.82) is 0 Å². The molecule has 3 aromatic carbocycles. The van der Waals surface area contributed by atoms with Gasteiger partial charge in [0.1, 0.15) is 10.6 Å². The molecule has 0 bridgehead atoms. The summed E-state index contributed by atoms with van der Waals surface area (Å²) < 4.78 is -1.16. The SMILES string of the molecule is O=C(SC(SC(=O)c1ccccc1)C(=O)N[C@@H](Cc1ccccc1)C(=O)O)c1ccccc1. The lowest BCUT2D eigenvalue weighted by atomic mass is 10.1. The Labute approximate surface area is 199 Å². The van der Waals surface area contributed by atoms with Crippen LogP contribution in [0.15, 0.2) is 91.0 Å². The van der Waals surface area contributed by atoms with E-state index in [1.807, 2.05) is 6.07 Å². The molecule has 1 atom stereocenters. The highest BCUT2D eigenvalue weighted by Crippen LogP contribution is 2.30. The fourth-order valence-corrected chi connectivity index (χ4v) is 4.90. The Morgan fingerprint density at radius 3 is 1.55 bits per heavy atom. The Morgan fingerprint density at radius 2 is 1.12 bits per heavy atom. The number of carbonyl (C=O) groups is 4. The number of benzene rings is 3. The molecule has 0 aromatic heterocycles. The first-order valence-corrected chi connectivity index (χ1v) is 11.8. The number of nitrogens with one attached hydrogen (secondary N) is 1. The Morgan fingerprint density at radius 1 is 0.697 bits per heavy atom. The lowest BCUT2D eigenvalue weighted by molar-refractivity contribution is -0.141. The summed E-state index contributed by atoms with van der Waals surface area (Å²) in [6.45, 7) is 0. The highest BCUT2D eigenvalue weighted by molar-refractivity contribution is 8.31. The van der Waals surface area contributed by atoms with Crippen molar-refractivity contribution < 1.29 is 24.3 Å². The maximum Gasteiger partial charge on any atom is 0.326 e.